The Morgan fingerprint density at radius 1 is 0.953 bits per heavy atom. The van der Waals surface area contributed by atoms with Crippen LogP contribution in [-0.2, 0) is 31.6 Å². The molecule has 0 spiro atoms. The van der Waals surface area contributed by atoms with Crippen molar-refractivity contribution in [2.75, 3.05) is 23.7 Å². The van der Waals surface area contributed by atoms with E-state index < -0.39 is 28.5 Å². The maximum atomic E-state index is 14.0. The Kier molecular flexibility index (Phi) is 9.69. The maximum absolute atomic E-state index is 14.0. The lowest BCUT2D eigenvalue weighted by Crippen LogP contribution is -2.52. The molecule has 4 bridgehead atoms. The minimum atomic E-state index is -3.83. The zero-order valence-electron chi connectivity index (χ0n) is 25.3. The molecule has 7 nitrogen and oxygen atoms in total. The van der Waals surface area contributed by atoms with Gasteiger partial charge in [-0.15, -0.1) is 0 Å². The van der Waals surface area contributed by atoms with E-state index in [9.17, 15) is 18.0 Å². The molecule has 0 saturated heterocycles. The molecular weight excluding hydrogens is 605 g/mol. The van der Waals surface area contributed by atoms with Gasteiger partial charge in [-0.2, -0.15) is 0 Å². The van der Waals surface area contributed by atoms with Crippen molar-refractivity contribution in [1.82, 2.24) is 10.2 Å². The first-order valence-corrected chi connectivity index (χ1v) is 18.1. The number of hydrogen-bond donors (Lipinski definition) is 1. The average molecular weight is 649 g/mol. The summed E-state index contributed by atoms with van der Waals surface area (Å²) < 4.78 is 27.4. The molecule has 234 valence electrons. The molecule has 4 fully saturated rings. The van der Waals surface area contributed by atoms with Crippen LogP contribution in [-0.4, -0.2) is 50.5 Å². The summed E-state index contributed by atoms with van der Waals surface area (Å²) in [5.74, 6) is 1.59. The van der Waals surface area contributed by atoms with Gasteiger partial charge in [0.05, 0.1) is 11.9 Å². The van der Waals surface area contributed by atoms with Crippen LogP contribution in [0.3, 0.4) is 0 Å². The van der Waals surface area contributed by atoms with Crippen LogP contribution in [0.25, 0.3) is 0 Å². The predicted octanol–water partition coefficient (Wildman–Crippen LogP) is 6.56. The Morgan fingerprint density at radius 2 is 1.51 bits per heavy atom. The van der Waals surface area contributed by atoms with E-state index in [4.69, 9.17) is 23.2 Å². The van der Waals surface area contributed by atoms with Gasteiger partial charge in [0.25, 0.3) is 0 Å². The monoisotopic (exact) mass is 647 g/mol. The second-order valence-corrected chi connectivity index (χ2v) is 15.7. The topological polar surface area (TPSA) is 86.8 Å². The van der Waals surface area contributed by atoms with Crippen LogP contribution in [0, 0.1) is 17.8 Å². The van der Waals surface area contributed by atoms with E-state index >= 15 is 0 Å². The van der Waals surface area contributed by atoms with Crippen molar-refractivity contribution in [3.05, 3.63) is 63.6 Å². The molecule has 0 aliphatic heterocycles. The van der Waals surface area contributed by atoms with Gasteiger partial charge < -0.3 is 10.2 Å². The number of sulfonamides is 1. The molecule has 2 aromatic rings. The Labute approximate surface area is 266 Å². The second-order valence-electron chi connectivity index (χ2n) is 13.0. The third-order valence-corrected chi connectivity index (χ3v) is 11.7. The van der Waals surface area contributed by atoms with Crippen molar-refractivity contribution < 1.29 is 18.0 Å². The largest absolute Gasteiger partial charge is 0.354 e. The number of halogens is 2. The molecule has 2 amide bonds. The zero-order valence-corrected chi connectivity index (χ0v) is 27.6. The molecule has 0 radical (unpaired) electrons. The Hall–Kier alpha value is -2.29. The number of benzene rings is 2. The highest BCUT2D eigenvalue weighted by Gasteiger charge is 2.51. The average Bonchev–Trinajstić information content (AvgIpc) is 2.95. The highest BCUT2D eigenvalue weighted by atomic mass is 35.5. The van der Waals surface area contributed by atoms with Gasteiger partial charge in [0.2, 0.25) is 21.8 Å². The summed E-state index contributed by atoms with van der Waals surface area (Å²) in [6.07, 6.45) is 9.88. The molecule has 43 heavy (non-hydrogen) atoms. The predicted molar refractivity (Wildman–Crippen MR) is 173 cm³/mol. The lowest BCUT2D eigenvalue weighted by atomic mass is 9.48. The summed E-state index contributed by atoms with van der Waals surface area (Å²) in [6.45, 7) is 3.76. The molecule has 4 saturated carbocycles. The van der Waals surface area contributed by atoms with E-state index in [-0.39, 0.29) is 17.9 Å². The van der Waals surface area contributed by atoms with Gasteiger partial charge in [0.15, 0.2) is 0 Å². The fraction of sp³-hybridized carbons (Fsp3) is 0.576. The molecule has 4 aliphatic rings. The minimum Gasteiger partial charge on any atom is -0.354 e. The van der Waals surface area contributed by atoms with Crippen LogP contribution in [0.15, 0.2) is 42.5 Å². The number of carbonyl (C=O) groups is 2. The van der Waals surface area contributed by atoms with Gasteiger partial charge in [0, 0.05) is 28.7 Å². The summed E-state index contributed by atoms with van der Waals surface area (Å²) in [7, 11) is -3.83. The number of hydrogen-bond acceptors (Lipinski definition) is 4. The summed E-state index contributed by atoms with van der Waals surface area (Å²) in [5.41, 5.74) is 2.41. The van der Waals surface area contributed by atoms with Crippen LogP contribution in [0.1, 0.15) is 76.3 Å². The number of carbonyl (C=O) groups excluding carboxylic acids is 2. The van der Waals surface area contributed by atoms with Crippen molar-refractivity contribution in [2.45, 2.75) is 83.2 Å². The fourth-order valence-corrected chi connectivity index (χ4v) is 9.56. The Morgan fingerprint density at radius 3 is 2.00 bits per heavy atom. The van der Waals surface area contributed by atoms with Gasteiger partial charge in [-0.1, -0.05) is 55.2 Å². The van der Waals surface area contributed by atoms with Crippen molar-refractivity contribution >= 4 is 50.7 Å². The van der Waals surface area contributed by atoms with E-state index in [0.29, 0.717) is 34.3 Å². The number of amides is 2. The standard InChI is InChI=1S/C33H43Cl2N3O4S/c1-4-13-36-32(40)30(5-2)37(20-27-28(34)7-6-8-29(27)35)31(39)21-38(43(3,41)42)26-11-9-25(10-12-26)33-17-22-14-23(18-33)16-24(15-22)19-33/h6-12,22-24,30H,4-5,13-21H2,1-3H3,(H,36,40). The fourth-order valence-electron chi connectivity index (χ4n) is 8.20. The minimum absolute atomic E-state index is 0.0298. The number of nitrogens with one attached hydrogen (secondary N) is 1. The van der Waals surface area contributed by atoms with E-state index in [2.05, 4.69) is 17.4 Å². The first-order valence-electron chi connectivity index (χ1n) is 15.5. The molecule has 2 aromatic carbocycles. The summed E-state index contributed by atoms with van der Waals surface area (Å²) >= 11 is 12.9. The highest BCUT2D eigenvalue weighted by Crippen LogP contribution is 2.60. The van der Waals surface area contributed by atoms with E-state index in [1.165, 1.54) is 49.0 Å². The molecular formula is C33H43Cl2N3O4S. The highest BCUT2D eigenvalue weighted by molar-refractivity contribution is 7.92. The number of anilines is 1. The van der Waals surface area contributed by atoms with Crippen molar-refractivity contribution in [3.8, 4) is 0 Å². The molecule has 10 heteroatoms. The summed E-state index contributed by atoms with van der Waals surface area (Å²) in [5, 5.41) is 3.62. The van der Waals surface area contributed by atoms with Crippen LogP contribution in [0.5, 0.6) is 0 Å². The zero-order chi connectivity index (χ0) is 30.9. The van der Waals surface area contributed by atoms with Crippen molar-refractivity contribution in [2.24, 2.45) is 17.8 Å². The van der Waals surface area contributed by atoms with Crippen LogP contribution < -0.4 is 9.62 Å². The van der Waals surface area contributed by atoms with Crippen LogP contribution in [0.4, 0.5) is 5.69 Å². The normalized spacial score (nSPS) is 24.9. The molecule has 0 aromatic heterocycles. The third-order valence-electron chi connectivity index (χ3n) is 9.81. The summed E-state index contributed by atoms with van der Waals surface area (Å²) in [4.78, 5) is 28.6. The van der Waals surface area contributed by atoms with E-state index in [0.717, 1.165) is 34.7 Å². The SMILES string of the molecule is CCCNC(=O)C(CC)N(Cc1c(Cl)cccc1Cl)C(=O)CN(c1ccc(C23CC4CC(CC(C4)C2)C3)cc1)S(C)(=O)=O. The van der Waals surface area contributed by atoms with Crippen molar-refractivity contribution in [1.29, 1.82) is 0 Å². The first-order chi connectivity index (χ1) is 20.4. The van der Waals surface area contributed by atoms with E-state index in [1.54, 1.807) is 18.2 Å². The van der Waals surface area contributed by atoms with Crippen LogP contribution in [0.2, 0.25) is 10.0 Å². The van der Waals surface area contributed by atoms with E-state index in [1.807, 2.05) is 26.0 Å². The van der Waals surface area contributed by atoms with Crippen LogP contribution >= 0.6 is 23.2 Å². The Balaban J connectivity index is 1.42. The molecule has 4 aliphatic carbocycles. The summed E-state index contributed by atoms with van der Waals surface area (Å²) in [6, 6.07) is 12.1. The molecule has 1 unspecified atom stereocenters. The smallest absolute Gasteiger partial charge is 0.244 e. The maximum Gasteiger partial charge on any atom is 0.244 e. The Bertz CT molecular complexity index is 1390. The first kappa shape index (κ1) is 32.1. The lowest BCUT2D eigenvalue weighted by Gasteiger charge is -2.57. The lowest BCUT2D eigenvalue weighted by molar-refractivity contribution is -0.140. The molecule has 0 heterocycles. The van der Waals surface area contributed by atoms with Gasteiger partial charge in [-0.25, -0.2) is 8.42 Å². The van der Waals surface area contributed by atoms with Gasteiger partial charge >= 0.3 is 0 Å². The molecule has 6 rings (SSSR count). The second kappa shape index (κ2) is 13.0. The van der Waals surface area contributed by atoms with Gasteiger partial charge in [-0.05, 0) is 104 Å². The number of nitrogens with zero attached hydrogens (tertiary/aromatic N) is 2. The third kappa shape index (κ3) is 6.86. The molecule has 1 atom stereocenters. The molecule has 1 N–H and O–H groups in total. The van der Waals surface area contributed by atoms with Gasteiger partial charge in [-0.3, -0.25) is 13.9 Å². The quantitative estimate of drug-likeness (QED) is 0.283. The van der Waals surface area contributed by atoms with Gasteiger partial charge in [0.1, 0.15) is 12.6 Å². The van der Waals surface area contributed by atoms with Crippen molar-refractivity contribution in [3.63, 3.8) is 0 Å². The number of rotatable bonds is 12.